The van der Waals surface area contributed by atoms with Crippen molar-refractivity contribution in [1.82, 2.24) is 5.32 Å². The van der Waals surface area contributed by atoms with Crippen LogP contribution in [0, 0.1) is 6.92 Å². The van der Waals surface area contributed by atoms with Crippen LogP contribution in [0.2, 0.25) is 0 Å². The van der Waals surface area contributed by atoms with Gasteiger partial charge in [0, 0.05) is 11.3 Å². The molecule has 1 unspecified atom stereocenters. The van der Waals surface area contributed by atoms with Crippen molar-refractivity contribution in [2.24, 2.45) is 0 Å². The van der Waals surface area contributed by atoms with Crippen molar-refractivity contribution in [2.45, 2.75) is 19.4 Å². The molecule has 0 aromatic carbocycles. The van der Waals surface area contributed by atoms with Crippen molar-refractivity contribution in [2.75, 3.05) is 13.7 Å². The Kier molecular flexibility index (Phi) is 2.89. The van der Waals surface area contributed by atoms with Crippen LogP contribution in [0.3, 0.4) is 0 Å². The number of aryl methyl sites for hydroxylation is 1. The zero-order valence-corrected chi connectivity index (χ0v) is 9.36. The molecule has 0 radical (unpaired) electrons. The molecule has 1 aliphatic heterocycles. The number of ether oxygens (including phenoxy) is 1. The van der Waals surface area contributed by atoms with Gasteiger partial charge >= 0.3 is 0 Å². The van der Waals surface area contributed by atoms with Gasteiger partial charge in [-0.15, -0.1) is 11.3 Å². The van der Waals surface area contributed by atoms with E-state index < -0.39 is 0 Å². The number of rotatable bonds is 3. The van der Waals surface area contributed by atoms with Crippen molar-refractivity contribution in [1.29, 1.82) is 0 Å². The van der Waals surface area contributed by atoms with E-state index in [2.05, 4.69) is 29.8 Å². The van der Waals surface area contributed by atoms with Crippen LogP contribution in [0.4, 0.5) is 0 Å². The lowest BCUT2D eigenvalue weighted by Gasteiger charge is -2.16. The summed E-state index contributed by atoms with van der Waals surface area (Å²) >= 11 is 1.79. The molecule has 76 valence electrons. The van der Waals surface area contributed by atoms with E-state index in [9.17, 15) is 0 Å². The Labute approximate surface area is 88.6 Å². The molecule has 3 heteroatoms. The lowest BCUT2D eigenvalue weighted by molar-refractivity contribution is 0.218. The summed E-state index contributed by atoms with van der Waals surface area (Å²) in [4.78, 5) is 1.36. The van der Waals surface area contributed by atoms with Gasteiger partial charge in [-0.2, -0.15) is 0 Å². The van der Waals surface area contributed by atoms with Crippen LogP contribution < -0.4 is 5.32 Å². The normalized spacial score (nSPS) is 17.7. The highest BCUT2D eigenvalue weighted by Gasteiger charge is 2.21. The maximum absolute atomic E-state index is 5.59. The van der Waals surface area contributed by atoms with Crippen LogP contribution >= 0.6 is 11.3 Å². The fraction of sp³-hybridized carbons (Fsp3) is 0.455. The molecule has 2 rings (SSSR count). The molecule has 1 aromatic heterocycles. The van der Waals surface area contributed by atoms with E-state index in [4.69, 9.17) is 4.74 Å². The number of hydrogen-bond donors (Lipinski definition) is 1. The van der Waals surface area contributed by atoms with Gasteiger partial charge < -0.3 is 10.1 Å². The van der Waals surface area contributed by atoms with Gasteiger partial charge in [-0.1, -0.05) is 0 Å². The van der Waals surface area contributed by atoms with Gasteiger partial charge in [0.1, 0.15) is 5.76 Å². The highest BCUT2D eigenvalue weighted by atomic mass is 32.1. The molecule has 0 fully saturated rings. The predicted octanol–water partition coefficient (Wildman–Crippen LogP) is 2.62. The van der Waals surface area contributed by atoms with Crippen molar-refractivity contribution in [3.8, 4) is 0 Å². The summed E-state index contributed by atoms with van der Waals surface area (Å²) in [6, 6.07) is 2.40. The summed E-state index contributed by atoms with van der Waals surface area (Å²) in [5, 5.41) is 5.43. The lowest BCUT2D eigenvalue weighted by atomic mass is 10.1. The largest absolute Gasteiger partial charge is 0.496 e. The Hall–Kier alpha value is -0.800. The first-order valence-electron chi connectivity index (χ1n) is 4.87. The van der Waals surface area contributed by atoms with Crippen LogP contribution in [0.1, 0.15) is 22.9 Å². The Balaban J connectivity index is 2.25. The van der Waals surface area contributed by atoms with Gasteiger partial charge in [-0.3, -0.25) is 0 Å². The molecular formula is C11H15NOS. The van der Waals surface area contributed by atoms with Crippen LogP contribution in [0.5, 0.6) is 0 Å². The summed E-state index contributed by atoms with van der Waals surface area (Å²) in [6.07, 6.45) is 3.22. The standard InChI is InChI=1S/C11H15NOS/c1-8-5-7-14-11(8)10(12-2)9-4-3-6-13-9/h4-5,7,10,12H,3,6H2,1-2H3. The SMILES string of the molecule is CNC(C1=CCCO1)c1sccc1C. The van der Waals surface area contributed by atoms with Gasteiger partial charge in [0.25, 0.3) is 0 Å². The second kappa shape index (κ2) is 4.15. The van der Waals surface area contributed by atoms with Gasteiger partial charge in [-0.25, -0.2) is 0 Å². The summed E-state index contributed by atoms with van der Waals surface area (Å²) in [6.45, 7) is 2.98. The monoisotopic (exact) mass is 209 g/mol. The van der Waals surface area contributed by atoms with Gasteiger partial charge in [0.2, 0.25) is 0 Å². The summed E-state index contributed by atoms with van der Waals surface area (Å²) in [5.74, 6) is 1.08. The first-order chi connectivity index (χ1) is 6.83. The van der Waals surface area contributed by atoms with Crippen LogP contribution in [0.15, 0.2) is 23.3 Å². The zero-order chi connectivity index (χ0) is 9.97. The quantitative estimate of drug-likeness (QED) is 0.826. The topological polar surface area (TPSA) is 21.3 Å². The molecule has 0 aliphatic carbocycles. The van der Waals surface area contributed by atoms with E-state index in [0.29, 0.717) is 0 Å². The molecule has 1 aromatic rings. The molecule has 2 heterocycles. The fourth-order valence-electron chi connectivity index (χ4n) is 1.72. The second-order valence-corrected chi connectivity index (χ2v) is 4.38. The minimum absolute atomic E-state index is 0.248. The summed E-state index contributed by atoms with van der Waals surface area (Å²) in [7, 11) is 1.98. The van der Waals surface area contributed by atoms with E-state index >= 15 is 0 Å². The molecule has 0 saturated heterocycles. The second-order valence-electron chi connectivity index (χ2n) is 3.43. The molecule has 0 amide bonds. The van der Waals surface area contributed by atoms with Crippen LogP contribution in [-0.2, 0) is 4.74 Å². The minimum atomic E-state index is 0.248. The maximum Gasteiger partial charge on any atom is 0.114 e. The highest BCUT2D eigenvalue weighted by Crippen LogP contribution is 2.31. The molecule has 1 N–H and O–H groups in total. The third kappa shape index (κ3) is 1.70. The van der Waals surface area contributed by atoms with E-state index in [-0.39, 0.29) is 6.04 Å². The Morgan fingerprint density at radius 3 is 2.93 bits per heavy atom. The molecule has 1 aliphatic rings. The van der Waals surface area contributed by atoms with Crippen LogP contribution in [0.25, 0.3) is 0 Å². The maximum atomic E-state index is 5.59. The molecule has 14 heavy (non-hydrogen) atoms. The van der Waals surface area contributed by atoms with Crippen LogP contribution in [-0.4, -0.2) is 13.7 Å². The summed E-state index contributed by atoms with van der Waals surface area (Å²) < 4.78 is 5.59. The van der Waals surface area contributed by atoms with Gasteiger partial charge in [-0.05, 0) is 37.1 Å². The Bertz CT molecular complexity index is 343. The number of nitrogens with one attached hydrogen (secondary N) is 1. The number of hydrogen-bond acceptors (Lipinski definition) is 3. The Morgan fingerprint density at radius 2 is 2.43 bits per heavy atom. The highest BCUT2D eigenvalue weighted by molar-refractivity contribution is 7.10. The van der Waals surface area contributed by atoms with E-state index in [0.717, 1.165) is 18.8 Å². The third-order valence-corrected chi connectivity index (χ3v) is 3.55. The van der Waals surface area contributed by atoms with E-state index in [1.807, 2.05) is 7.05 Å². The number of thiophene rings is 1. The van der Waals surface area contributed by atoms with Crippen molar-refractivity contribution >= 4 is 11.3 Å². The lowest BCUT2D eigenvalue weighted by Crippen LogP contribution is -2.18. The van der Waals surface area contributed by atoms with Gasteiger partial charge in [0.05, 0.1) is 12.6 Å². The summed E-state index contributed by atoms with van der Waals surface area (Å²) in [5.41, 5.74) is 1.34. The first-order valence-corrected chi connectivity index (χ1v) is 5.75. The van der Waals surface area contributed by atoms with E-state index in [1.165, 1.54) is 10.4 Å². The van der Waals surface area contributed by atoms with Crippen molar-refractivity contribution < 1.29 is 4.74 Å². The molecule has 0 bridgehead atoms. The predicted molar refractivity (Wildman–Crippen MR) is 59.5 cm³/mol. The smallest absolute Gasteiger partial charge is 0.114 e. The Morgan fingerprint density at radius 1 is 1.57 bits per heavy atom. The van der Waals surface area contributed by atoms with Crippen molar-refractivity contribution in [3.63, 3.8) is 0 Å². The molecule has 2 nitrogen and oxygen atoms in total. The third-order valence-electron chi connectivity index (χ3n) is 2.47. The average molecular weight is 209 g/mol. The zero-order valence-electron chi connectivity index (χ0n) is 8.54. The molecular weight excluding hydrogens is 194 g/mol. The average Bonchev–Trinajstić information content (AvgIpc) is 2.80. The molecule has 1 atom stereocenters. The van der Waals surface area contributed by atoms with E-state index in [1.54, 1.807) is 11.3 Å². The molecule has 0 saturated carbocycles. The fourth-order valence-corrected chi connectivity index (χ4v) is 2.76. The molecule has 0 spiro atoms. The van der Waals surface area contributed by atoms with Gasteiger partial charge in [0.15, 0.2) is 0 Å². The minimum Gasteiger partial charge on any atom is -0.496 e. The first kappa shape index (κ1) is 9.74. The number of likely N-dealkylation sites (N-methyl/N-ethyl adjacent to an activating group) is 1. The van der Waals surface area contributed by atoms with Crippen molar-refractivity contribution in [3.05, 3.63) is 33.7 Å².